The maximum absolute atomic E-state index is 12.2. The lowest BCUT2D eigenvalue weighted by atomic mass is 9.80. The van der Waals surface area contributed by atoms with Crippen LogP contribution in [0.15, 0.2) is 22.7 Å². The molecular weight excluding hydrogens is 366 g/mol. The van der Waals surface area contributed by atoms with Gasteiger partial charge in [0.2, 0.25) is 5.91 Å². The lowest BCUT2D eigenvalue weighted by Crippen LogP contribution is -2.53. The van der Waals surface area contributed by atoms with E-state index in [0.717, 1.165) is 35.2 Å². The molecule has 1 aliphatic heterocycles. The molecule has 1 amide bonds. The van der Waals surface area contributed by atoms with Crippen molar-refractivity contribution in [2.75, 3.05) is 25.0 Å². The smallest absolute Gasteiger partial charge is 0.238 e. The van der Waals surface area contributed by atoms with Crippen LogP contribution in [0.2, 0.25) is 0 Å². The Balaban J connectivity index is 0.00000242. The minimum Gasteiger partial charge on any atom is -0.327 e. The molecule has 6 heteroatoms. The molecule has 1 fully saturated rings. The zero-order valence-corrected chi connectivity index (χ0v) is 15.8. The largest absolute Gasteiger partial charge is 0.327 e. The first-order valence-electron chi connectivity index (χ1n) is 7.32. The Bertz CT molecular complexity index is 536. The highest BCUT2D eigenvalue weighted by Crippen LogP contribution is 2.27. The Morgan fingerprint density at radius 3 is 2.77 bits per heavy atom. The van der Waals surface area contributed by atoms with Gasteiger partial charge in [0.25, 0.3) is 0 Å². The molecule has 1 aromatic carbocycles. The van der Waals surface area contributed by atoms with E-state index in [1.165, 1.54) is 0 Å². The predicted molar refractivity (Wildman–Crippen MR) is 97.6 cm³/mol. The summed E-state index contributed by atoms with van der Waals surface area (Å²) >= 11 is 3.46. The van der Waals surface area contributed by atoms with Crippen molar-refractivity contribution in [1.82, 2.24) is 4.90 Å². The van der Waals surface area contributed by atoms with E-state index in [1.54, 1.807) is 0 Å². The molecule has 124 valence electrons. The van der Waals surface area contributed by atoms with Gasteiger partial charge in [-0.3, -0.25) is 9.69 Å². The van der Waals surface area contributed by atoms with Crippen LogP contribution in [0.4, 0.5) is 5.69 Å². The topological polar surface area (TPSA) is 58.4 Å². The summed E-state index contributed by atoms with van der Waals surface area (Å²) < 4.78 is 1.05. The van der Waals surface area contributed by atoms with Gasteiger partial charge < -0.3 is 11.1 Å². The Kier molecular flexibility index (Phi) is 6.86. The van der Waals surface area contributed by atoms with Crippen molar-refractivity contribution in [2.24, 2.45) is 11.1 Å². The molecule has 0 aromatic heterocycles. The zero-order valence-electron chi connectivity index (χ0n) is 13.4. The summed E-state index contributed by atoms with van der Waals surface area (Å²) in [7, 11) is 0. The van der Waals surface area contributed by atoms with Crippen molar-refractivity contribution in [3.8, 4) is 0 Å². The Labute approximate surface area is 147 Å². The number of aryl methyl sites for hydroxylation is 1. The van der Waals surface area contributed by atoms with Crippen LogP contribution < -0.4 is 11.1 Å². The van der Waals surface area contributed by atoms with Crippen LogP contribution in [-0.4, -0.2) is 36.5 Å². The maximum atomic E-state index is 12.2. The highest BCUT2D eigenvalue weighted by molar-refractivity contribution is 9.10. The summed E-state index contributed by atoms with van der Waals surface area (Å²) in [6, 6.07) is 6.04. The van der Waals surface area contributed by atoms with Crippen LogP contribution in [0.25, 0.3) is 0 Å². The Morgan fingerprint density at radius 2 is 2.18 bits per heavy atom. The number of nitrogens with two attached hydrogens (primary N) is 1. The third kappa shape index (κ3) is 4.95. The van der Waals surface area contributed by atoms with E-state index in [1.807, 2.05) is 25.1 Å². The second-order valence-electron chi connectivity index (χ2n) is 6.61. The van der Waals surface area contributed by atoms with E-state index in [-0.39, 0.29) is 29.8 Å². The number of halogens is 2. The molecule has 0 bridgehead atoms. The van der Waals surface area contributed by atoms with Crippen molar-refractivity contribution < 1.29 is 4.79 Å². The molecule has 0 spiro atoms. The van der Waals surface area contributed by atoms with Crippen molar-refractivity contribution in [3.63, 3.8) is 0 Å². The number of hydrogen-bond acceptors (Lipinski definition) is 3. The number of benzene rings is 1. The van der Waals surface area contributed by atoms with E-state index in [0.29, 0.717) is 6.54 Å². The number of likely N-dealkylation sites (tertiary alicyclic amines) is 1. The lowest BCUT2D eigenvalue weighted by Gasteiger charge is -2.42. The first-order chi connectivity index (χ1) is 9.78. The number of hydrogen-bond donors (Lipinski definition) is 2. The second-order valence-corrected chi connectivity index (χ2v) is 7.46. The summed E-state index contributed by atoms with van der Waals surface area (Å²) in [6.07, 6.45) is 0.942. The number of carbonyl (C=O) groups excluding carboxylic acids is 1. The molecule has 4 nitrogen and oxygen atoms in total. The molecule has 1 unspecified atom stereocenters. The van der Waals surface area contributed by atoms with Gasteiger partial charge in [-0.2, -0.15) is 0 Å². The van der Waals surface area contributed by atoms with Crippen molar-refractivity contribution >= 4 is 39.9 Å². The van der Waals surface area contributed by atoms with E-state index in [9.17, 15) is 4.79 Å². The molecule has 1 aliphatic rings. The quantitative estimate of drug-likeness (QED) is 0.833. The molecule has 1 heterocycles. The molecule has 2 rings (SSSR count). The maximum Gasteiger partial charge on any atom is 0.238 e. The fourth-order valence-electron chi connectivity index (χ4n) is 2.75. The van der Waals surface area contributed by atoms with Gasteiger partial charge in [0.15, 0.2) is 0 Å². The van der Waals surface area contributed by atoms with Crippen molar-refractivity contribution in [1.29, 1.82) is 0 Å². The fraction of sp³-hybridized carbons (Fsp3) is 0.562. The van der Waals surface area contributed by atoms with Crippen LogP contribution in [0.5, 0.6) is 0 Å². The highest BCUT2D eigenvalue weighted by Gasteiger charge is 2.33. The van der Waals surface area contributed by atoms with Crippen molar-refractivity contribution in [3.05, 3.63) is 28.2 Å². The standard InChI is InChI=1S/C16H24BrN3O.ClH/c1-11-8-12(4-5-13(11)17)19-15(21)9-20-7-6-14(18)16(2,3)10-20;/h4-5,8,14H,6-7,9-10,18H2,1-3H3,(H,19,21);1H. The first-order valence-corrected chi connectivity index (χ1v) is 8.11. The van der Waals surface area contributed by atoms with E-state index in [4.69, 9.17) is 5.73 Å². The van der Waals surface area contributed by atoms with Gasteiger partial charge in [0.1, 0.15) is 0 Å². The number of nitrogens with zero attached hydrogens (tertiary/aromatic N) is 1. The van der Waals surface area contributed by atoms with Gasteiger partial charge in [-0.05, 0) is 42.5 Å². The van der Waals surface area contributed by atoms with Gasteiger partial charge in [0.05, 0.1) is 6.54 Å². The van der Waals surface area contributed by atoms with Crippen LogP contribution in [-0.2, 0) is 4.79 Å². The Morgan fingerprint density at radius 1 is 1.50 bits per heavy atom. The minimum absolute atomic E-state index is 0. The zero-order chi connectivity index (χ0) is 15.6. The van der Waals surface area contributed by atoms with Crippen LogP contribution in [0.3, 0.4) is 0 Å². The monoisotopic (exact) mass is 389 g/mol. The fourth-order valence-corrected chi connectivity index (χ4v) is 2.99. The van der Waals surface area contributed by atoms with Crippen LogP contribution in [0.1, 0.15) is 25.8 Å². The van der Waals surface area contributed by atoms with Gasteiger partial charge in [-0.15, -0.1) is 12.4 Å². The highest BCUT2D eigenvalue weighted by atomic mass is 79.9. The number of carbonyl (C=O) groups is 1. The lowest BCUT2D eigenvalue weighted by molar-refractivity contribution is -0.118. The molecular formula is C16H25BrClN3O. The van der Waals surface area contributed by atoms with Crippen LogP contribution >= 0.6 is 28.3 Å². The first kappa shape index (κ1) is 19.4. The summed E-state index contributed by atoms with van der Waals surface area (Å²) in [5.74, 6) is 0.0305. The molecule has 0 aliphatic carbocycles. The summed E-state index contributed by atoms with van der Waals surface area (Å²) in [5.41, 5.74) is 8.14. The van der Waals surface area contributed by atoms with E-state index < -0.39 is 0 Å². The van der Waals surface area contributed by atoms with Crippen LogP contribution in [0, 0.1) is 12.3 Å². The van der Waals surface area contributed by atoms with E-state index in [2.05, 4.69) is 40.0 Å². The SMILES string of the molecule is Cc1cc(NC(=O)CN2CCC(N)C(C)(C)C2)ccc1Br.Cl. The average molecular weight is 391 g/mol. The van der Waals surface area contributed by atoms with Gasteiger partial charge in [-0.25, -0.2) is 0 Å². The average Bonchev–Trinajstić information content (AvgIpc) is 2.38. The third-order valence-corrected chi connectivity index (χ3v) is 5.09. The minimum atomic E-state index is 0. The third-order valence-electron chi connectivity index (χ3n) is 4.20. The molecule has 1 aromatic rings. The van der Waals surface area contributed by atoms with Crippen molar-refractivity contribution in [2.45, 2.75) is 33.2 Å². The second kappa shape index (κ2) is 7.77. The number of anilines is 1. The summed E-state index contributed by atoms with van der Waals surface area (Å²) in [4.78, 5) is 14.4. The molecule has 3 N–H and O–H groups in total. The number of amides is 1. The predicted octanol–water partition coefficient (Wildman–Crippen LogP) is 3.18. The molecule has 0 radical (unpaired) electrons. The van der Waals surface area contributed by atoms with Gasteiger partial charge in [0, 0.05) is 29.3 Å². The van der Waals surface area contributed by atoms with Gasteiger partial charge in [-0.1, -0.05) is 29.8 Å². The molecule has 0 saturated carbocycles. The Hall–Kier alpha value is -0.620. The number of nitrogens with one attached hydrogen (secondary N) is 1. The number of rotatable bonds is 3. The normalized spacial score (nSPS) is 21.0. The molecule has 1 saturated heterocycles. The summed E-state index contributed by atoms with van der Waals surface area (Å²) in [5, 5.41) is 2.96. The van der Waals surface area contributed by atoms with E-state index >= 15 is 0 Å². The molecule has 22 heavy (non-hydrogen) atoms. The summed E-state index contributed by atoms with van der Waals surface area (Å²) in [6.45, 7) is 8.51. The number of piperidine rings is 1. The van der Waals surface area contributed by atoms with Gasteiger partial charge >= 0.3 is 0 Å². The molecule has 1 atom stereocenters.